The molecular formula is C19H18N6O. The third-order valence-electron chi connectivity index (χ3n) is 5.14. The van der Waals surface area contributed by atoms with Crippen molar-refractivity contribution in [1.82, 2.24) is 24.1 Å². The first-order valence-corrected chi connectivity index (χ1v) is 8.71. The van der Waals surface area contributed by atoms with Gasteiger partial charge in [0.15, 0.2) is 11.3 Å². The van der Waals surface area contributed by atoms with Gasteiger partial charge in [-0.15, -0.1) is 0 Å². The summed E-state index contributed by atoms with van der Waals surface area (Å²) < 4.78 is 3.49. The lowest BCUT2D eigenvalue weighted by Crippen LogP contribution is -2.41. The van der Waals surface area contributed by atoms with Crippen molar-refractivity contribution < 1.29 is 0 Å². The van der Waals surface area contributed by atoms with Gasteiger partial charge in [0.25, 0.3) is 0 Å². The minimum Gasteiger partial charge on any atom is -0.367 e. The smallest absolute Gasteiger partial charge is 0.330 e. The molecule has 1 N–H and O–H groups in total. The van der Waals surface area contributed by atoms with E-state index in [1.807, 2.05) is 41.0 Å². The summed E-state index contributed by atoms with van der Waals surface area (Å²) in [5, 5.41) is 4.48. The van der Waals surface area contributed by atoms with E-state index >= 15 is 0 Å². The Hall–Kier alpha value is -3.22. The summed E-state index contributed by atoms with van der Waals surface area (Å²) in [5.41, 5.74) is 2.37. The van der Waals surface area contributed by atoms with Crippen molar-refractivity contribution in [2.45, 2.75) is 24.9 Å². The maximum Gasteiger partial charge on any atom is 0.330 e. The fraction of sp³-hybridized carbons (Fsp3) is 0.263. The number of nitrogens with one attached hydrogen (secondary N) is 1. The number of fused-ring (bicyclic) bond motifs is 2. The monoisotopic (exact) mass is 346 g/mol. The summed E-state index contributed by atoms with van der Waals surface area (Å²) in [6.07, 6.45) is 5.23. The quantitative estimate of drug-likeness (QED) is 0.617. The summed E-state index contributed by atoms with van der Waals surface area (Å²) in [6, 6.07) is 12.1. The maximum atomic E-state index is 12.6. The fourth-order valence-corrected chi connectivity index (χ4v) is 3.68. The molecule has 26 heavy (non-hydrogen) atoms. The van der Waals surface area contributed by atoms with Crippen molar-refractivity contribution in [2.24, 2.45) is 7.05 Å². The molecule has 0 saturated heterocycles. The summed E-state index contributed by atoms with van der Waals surface area (Å²) in [4.78, 5) is 25.8. The van der Waals surface area contributed by atoms with Crippen molar-refractivity contribution in [3.05, 3.63) is 59.3 Å². The Morgan fingerprint density at radius 1 is 1.08 bits per heavy atom. The van der Waals surface area contributed by atoms with E-state index in [9.17, 15) is 4.79 Å². The molecule has 0 atom stereocenters. The number of nitrogens with zero attached hydrogens (tertiary/aromatic N) is 5. The van der Waals surface area contributed by atoms with Crippen molar-refractivity contribution in [3.8, 4) is 0 Å². The van der Waals surface area contributed by atoms with Gasteiger partial charge < -0.3 is 5.32 Å². The highest BCUT2D eigenvalue weighted by atomic mass is 16.1. The van der Waals surface area contributed by atoms with Crippen LogP contribution in [0.1, 0.15) is 18.9 Å². The Morgan fingerprint density at radius 3 is 2.77 bits per heavy atom. The number of hydrogen-bond acceptors (Lipinski definition) is 5. The Bertz CT molecular complexity index is 1170. The molecule has 0 radical (unpaired) electrons. The largest absolute Gasteiger partial charge is 0.367 e. The molecule has 0 amide bonds. The van der Waals surface area contributed by atoms with E-state index in [1.165, 1.54) is 0 Å². The van der Waals surface area contributed by atoms with Crippen LogP contribution in [0.4, 0.5) is 5.82 Å². The van der Waals surface area contributed by atoms with Gasteiger partial charge >= 0.3 is 5.69 Å². The highest BCUT2D eigenvalue weighted by Gasteiger charge is 2.33. The Morgan fingerprint density at radius 2 is 1.88 bits per heavy atom. The third kappa shape index (κ3) is 2.28. The second-order valence-corrected chi connectivity index (χ2v) is 6.77. The van der Waals surface area contributed by atoms with E-state index in [0.717, 1.165) is 40.9 Å². The molecule has 0 spiro atoms. The Kier molecular flexibility index (Phi) is 3.28. The van der Waals surface area contributed by atoms with Crippen LogP contribution in [0.2, 0.25) is 0 Å². The second-order valence-electron chi connectivity index (χ2n) is 6.77. The van der Waals surface area contributed by atoms with E-state index < -0.39 is 0 Å². The molecule has 1 fully saturated rings. The molecule has 1 aliphatic rings. The second kappa shape index (κ2) is 5.66. The Labute approximate surface area is 149 Å². The van der Waals surface area contributed by atoms with Gasteiger partial charge in [-0.1, -0.05) is 0 Å². The summed E-state index contributed by atoms with van der Waals surface area (Å²) in [6.45, 7) is 0. The molecule has 7 heteroatoms. The molecule has 4 aromatic heterocycles. The summed E-state index contributed by atoms with van der Waals surface area (Å²) >= 11 is 0. The van der Waals surface area contributed by atoms with Crippen molar-refractivity contribution >= 4 is 28.0 Å². The molecule has 1 aliphatic carbocycles. The molecule has 130 valence electrons. The first kappa shape index (κ1) is 15.1. The highest BCUT2D eigenvalue weighted by Crippen LogP contribution is 2.35. The molecule has 4 aromatic rings. The van der Waals surface area contributed by atoms with Crippen LogP contribution in [-0.4, -0.2) is 30.1 Å². The van der Waals surface area contributed by atoms with Gasteiger partial charge in [0, 0.05) is 36.9 Å². The van der Waals surface area contributed by atoms with Crippen LogP contribution in [0.5, 0.6) is 0 Å². The van der Waals surface area contributed by atoms with E-state index in [-0.39, 0.29) is 11.7 Å². The number of rotatable bonds is 3. The third-order valence-corrected chi connectivity index (χ3v) is 5.14. The van der Waals surface area contributed by atoms with Crippen LogP contribution in [0.25, 0.3) is 22.2 Å². The molecule has 0 aliphatic heterocycles. The predicted molar refractivity (Wildman–Crippen MR) is 100 cm³/mol. The molecule has 7 nitrogen and oxygen atoms in total. The van der Waals surface area contributed by atoms with Crippen LogP contribution in [0.15, 0.2) is 53.6 Å². The van der Waals surface area contributed by atoms with Crippen LogP contribution in [0, 0.1) is 0 Å². The zero-order valence-electron chi connectivity index (χ0n) is 14.3. The first-order chi connectivity index (χ1) is 12.7. The molecule has 4 heterocycles. The van der Waals surface area contributed by atoms with Crippen LogP contribution >= 0.6 is 0 Å². The van der Waals surface area contributed by atoms with Gasteiger partial charge in [-0.3, -0.25) is 9.13 Å². The minimum absolute atomic E-state index is 0.00446. The number of aryl methyl sites for hydroxylation is 1. The van der Waals surface area contributed by atoms with Crippen LogP contribution in [0.3, 0.4) is 0 Å². The lowest BCUT2D eigenvalue weighted by atomic mass is 9.86. The minimum atomic E-state index is -0.00446. The molecule has 1 saturated carbocycles. The topological polar surface area (TPSA) is 77.6 Å². The average molecular weight is 346 g/mol. The van der Waals surface area contributed by atoms with Crippen molar-refractivity contribution in [2.75, 3.05) is 5.32 Å². The highest BCUT2D eigenvalue weighted by molar-refractivity contribution is 5.76. The number of aromatic nitrogens is 5. The van der Waals surface area contributed by atoms with Gasteiger partial charge in [0.1, 0.15) is 5.82 Å². The number of hydrogen-bond donors (Lipinski definition) is 1. The van der Waals surface area contributed by atoms with Gasteiger partial charge in [-0.25, -0.2) is 19.7 Å². The molecule has 0 bridgehead atoms. The average Bonchev–Trinajstić information content (AvgIpc) is 2.89. The molecular weight excluding hydrogens is 328 g/mol. The molecule has 5 rings (SSSR count). The van der Waals surface area contributed by atoms with E-state index in [0.29, 0.717) is 6.04 Å². The maximum absolute atomic E-state index is 12.6. The van der Waals surface area contributed by atoms with Gasteiger partial charge in [-0.2, -0.15) is 0 Å². The fourth-order valence-electron chi connectivity index (χ4n) is 3.68. The van der Waals surface area contributed by atoms with Gasteiger partial charge in [0.2, 0.25) is 0 Å². The van der Waals surface area contributed by atoms with Gasteiger partial charge in [-0.05, 0) is 49.2 Å². The van der Waals surface area contributed by atoms with Crippen molar-refractivity contribution in [1.29, 1.82) is 0 Å². The van der Waals surface area contributed by atoms with Gasteiger partial charge in [0.05, 0.1) is 5.52 Å². The predicted octanol–water partition coefficient (Wildman–Crippen LogP) is 2.49. The molecule has 0 unspecified atom stereocenters. The standard InChI is InChI=1S/C19H18N6O/c1-24-15-5-3-9-21-18(15)25(19(24)26)14-10-13(11-14)22-16-7-6-12-4-2-8-20-17(12)23-16/h2-9,13-14H,10-11H2,1H3,(H,20,22,23). The lowest BCUT2D eigenvalue weighted by molar-refractivity contribution is 0.280. The SMILES string of the molecule is Cn1c(=O)n(C2CC(Nc3ccc4cccnc4n3)C2)c2ncccc21. The van der Waals surface area contributed by atoms with E-state index in [1.54, 1.807) is 24.0 Å². The van der Waals surface area contributed by atoms with E-state index in [2.05, 4.69) is 20.3 Å². The zero-order chi connectivity index (χ0) is 17.7. The van der Waals surface area contributed by atoms with Crippen LogP contribution in [-0.2, 0) is 7.05 Å². The van der Waals surface area contributed by atoms with E-state index in [4.69, 9.17) is 0 Å². The normalized spacial score (nSPS) is 19.6. The first-order valence-electron chi connectivity index (χ1n) is 8.71. The number of anilines is 1. The van der Waals surface area contributed by atoms with Crippen LogP contribution < -0.4 is 11.0 Å². The number of imidazole rings is 1. The Balaban J connectivity index is 1.36. The number of pyridine rings is 3. The lowest BCUT2D eigenvalue weighted by Gasteiger charge is -2.36. The van der Waals surface area contributed by atoms with Crippen molar-refractivity contribution in [3.63, 3.8) is 0 Å². The molecule has 0 aromatic carbocycles. The zero-order valence-corrected chi connectivity index (χ0v) is 14.3. The summed E-state index contributed by atoms with van der Waals surface area (Å²) in [7, 11) is 1.79. The summed E-state index contributed by atoms with van der Waals surface area (Å²) in [5.74, 6) is 0.822.